The number of rotatable bonds is 5. The summed E-state index contributed by atoms with van der Waals surface area (Å²) in [5.74, 6) is 0.531. The summed E-state index contributed by atoms with van der Waals surface area (Å²) in [6.45, 7) is 2.69. The molecule has 0 bridgehead atoms. The smallest absolute Gasteiger partial charge is 0.229 e. The first-order valence-electron chi connectivity index (χ1n) is 12.6. The number of aromatic nitrogens is 1. The molecule has 3 aromatic rings. The second-order valence-corrected chi connectivity index (χ2v) is 10.0. The fourth-order valence-electron chi connectivity index (χ4n) is 5.74. The molecule has 4 nitrogen and oxygen atoms in total. The Morgan fingerprint density at radius 2 is 1.91 bits per heavy atom. The lowest BCUT2D eigenvalue weighted by Gasteiger charge is -2.40. The molecule has 2 fully saturated rings. The number of pyridine rings is 1. The zero-order chi connectivity index (χ0) is 23.4. The minimum atomic E-state index is -0.564. The van der Waals surface area contributed by atoms with E-state index in [0.717, 1.165) is 38.8 Å². The lowest BCUT2D eigenvalue weighted by Crippen LogP contribution is -2.48. The van der Waals surface area contributed by atoms with Crippen molar-refractivity contribution in [2.24, 2.45) is 11.3 Å². The summed E-state index contributed by atoms with van der Waals surface area (Å²) in [7, 11) is 0. The van der Waals surface area contributed by atoms with Crippen molar-refractivity contribution in [3.05, 3.63) is 77.9 Å². The van der Waals surface area contributed by atoms with E-state index in [1.165, 1.54) is 22.4 Å². The molecule has 2 saturated heterocycles. The molecule has 0 unspecified atom stereocenters. The summed E-state index contributed by atoms with van der Waals surface area (Å²) in [4.78, 5) is 20.2. The molecule has 178 valence electrons. The lowest BCUT2D eigenvalue weighted by molar-refractivity contribution is -0.148. The Balaban J connectivity index is 1.27. The molecule has 1 atom stereocenters. The summed E-state index contributed by atoms with van der Waals surface area (Å²) in [5, 5.41) is 2.40. The van der Waals surface area contributed by atoms with Gasteiger partial charge in [-0.2, -0.15) is 0 Å². The molecule has 0 radical (unpaired) electrons. The van der Waals surface area contributed by atoms with Gasteiger partial charge in [-0.3, -0.25) is 9.78 Å². The predicted molar refractivity (Wildman–Crippen MR) is 132 cm³/mol. The van der Waals surface area contributed by atoms with Crippen molar-refractivity contribution >= 4 is 16.7 Å². The monoisotopic (exact) mass is 460 g/mol. The van der Waals surface area contributed by atoms with E-state index in [4.69, 9.17) is 4.74 Å². The summed E-state index contributed by atoms with van der Waals surface area (Å²) < 4.78 is 20.1. The van der Waals surface area contributed by atoms with E-state index in [-0.39, 0.29) is 11.7 Å². The van der Waals surface area contributed by atoms with Gasteiger partial charge in [-0.15, -0.1) is 0 Å². The summed E-state index contributed by atoms with van der Waals surface area (Å²) in [6.07, 6.45) is 9.69. The second-order valence-electron chi connectivity index (χ2n) is 10.0. The Bertz CT molecular complexity index is 1140. The number of fused-ring (bicyclic) bond motifs is 1. The van der Waals surface area contributed by atoms with E-state index in [9.17, 15) is 9.18 Å². The highest BCUT2D eigenvalue weighted by molar-refractivity contribution is 5.83. The van der Waals surface area contributed by atoms with Gasteiger partial charge in [-0.05, 0) is 85.6 Å². The lowest BCUT2D eigenvalue weighted by atomic mass is 9.74. The Morgan fingerprint density at radius 1 is 1.06 bits per heavy atom. The van der Waals surface area contributed by atoms with Crippen molar-refractivity contribution in [1.82, 2.24) is 9.88 Å². The molecule has 0 saturated carbocycles. The number of benzene rings is 2. The van der Waals surface area contributed by atoms with Gasteiger partial charge in [0.25, 0.3) is 0 Å². The van der Waals surface area contributed by atoms with Crippen molar-refractivity contribution in [3.8, 4) is 0 Å². The minimum absolute atomic E-state index is 0.191. The van der Waals surface area contributed by atoms with E-state index in [0.29, 0.717) is 44.0 Å². The molecule has 2 aromatic carbocycles. The van der Waals surface area contributed by atoms with E-state index >= 15 is 0 Å². The maximum absolute atomic E-state index is 14.5. The first-order chi connectivity index (χ1) is 16.6. The highest BCUT2D eigenvalue weighted by Gasteiger charge is 2.43. The van der Waals surface area contributed by atoms with Gasteiger partial charge in [-0.25, -0.2) is 4.39 Å². The third kappa shape index (κ3) is 5.00. The SMILES string of the molecule is O=C(N1CCC[C@H](Cc2ccc3ccncc3c2)CC1)C1(Cc2ccccc2F)CCOCC1. The summed E-state index contributed by atoms with van der Waals surface area (Å²) >= 11 is 0. The van der Waals surface area contributed by atoms with Crippen LogP contribution < -0.4 is 0 Å². The molecule has 0 N–H and O–H groups in total. The third-order valence-electron chi connectivity index (χ3n) is 7.75. The molecule has 3 heterocycles. The van der Waals surface area contributed by atoms with E-state index in [2.05, 4.69) is 28.1 Å². The number of carbonyl (C=O) groups is 1. The first kappa shape index (κ1) is 23.0. The van der Waals surface area contributed by atoms with Gasteiger partial charge in [0, 0.05) is 44.1 Å². The molecular formula is C29H33FN2O2. The van der Waals surface area contributed by atoms with Crippen LogP contribution in [0.2, 0.25) is 0 Å². The van der Waals surface area contributed by atoms with E-state index < -0.39 is 5.41 Å². The number of ether oxygens (including phenoxy) is 1. The van der Waals surface area contributed by atoms with Crippen LogP contribution in [0.3, 0.4) is 0 Å². The molecule has 0 spiro atoms. The third-order valence-corrected chi connectivity index (χ3v) is 7.75. The van der Waals surface area contributed by atoms with Crippen LogP contribution in [0, 0.1) is 17.2 Å². The molecule has 2 aliphatic heterocycles. The van der Waals surface area contributed by atoms with Crippen molar-refractivity contribution in [1.29, 1.82) is 0 Å². The molecule has 5 rings (SSSR count). The highest BCUT2D eigenvalue weighted by atomic mass is 19.1. The van der Waals surface area contributed by atoms with E-state index in [1.807, 2.05) is 30.6 Å². The van der Waals surface area contributed by atoms with Crippen molar-refractivity contribution < 1.29 is 13.9 Å². The minimum Gasteiger partial charge on any atom is -0.381 e. The standard InChI is InChI=1S/C29H33FN2O2/c30-27-6-2-1-5-25(27)20-29(11-16-34-17-12-29)28(33)32-14-3-4-22(10-15-32)18-23-7-8-24-9-13-31-21-26(24)19-23/h1-2,5-9,13,19,21-22H,3-4,10-12,14-18,20H2/t22-/m0/s1. The Labute approximate surface area is 201 Å². The largest absolute Gasteiger partial charge is 0.381 e. The number of carbonyl (C=O) groups excluding carboxylic acids is 1. The number of nitrogens with zero attached hydrogens (tertiary/aromatic N) is 2. The number of likely N-dealkylation sites (tertiary alicyclic amines) is 1. The van der Waals surface area contributed by atoms with Gasteiger partial charge >= 0.3 is 0 Å². The van der Waals surface area contributed by atoms with Crippen LogP contribution in [-0.2, 0) is 22.4 Å². The molecule has 1 amide bonds. The average molecular weight is 461 g/mol. The Hall–Kier alpha value is -2.79. The Morgan fingerprint density at radius 3 is 2.76 bits per heavy atom. The summed E-state index contributed by atoms with van der Waals surface area (Å²) in [5.41, 5.74) is 1.41. The van der Waals surface area contributed by atoms with Crippen LogP contribution in [0.1, 0.15) is 43.2 Å². The van der Waals surface area contributed by atoms with E-state index in [1.54, 1.807) is 6.07 Å². The van der Waals surface area contributed by atoms with Gasteiger partial charge in [0.1, 0.15) is 5.82 Å². The van der Waals surface area contributed by atoms with Crippen molar-refractivity contribution in [3.63, 3.8) is 0 Å². The van der Waals surface area contributed by atoms with Gasteiger partial charge in [0.05, 0.1) is 5.41 Å². The van der Waals surface area contributed by atoms with Crippen molar-refractivity contribution in [2.45, 2.75) is 44.9 Å². The molecule has 2 aliphatic rings. The second kappa shape index (κ2) is 10.2. The van der Waals surface area contributed by atoms with Crippen LogP contribution in [0.25, 0.3) is 10.8 Å². The van der Waals surface area contributed by atoms with Gasteiger partial charge in [-0.1, -0.05) is 30.3 Å². The van der Waals surface area contributed by atoms with Crippen LogP contribution in [0.4, 0.5) is 4.39 Å². The van der Waals surface area contributed by atoms with Crippen LogP contribution in [0.15, 0.2) is 60.9 Å². The molecule has 5 heteroatoms. The van der Waals surface area contributed by atoms with Crippen LogP contribution >= 0.6 is 0 Å². The number of halogens is 1. The first-order valence-corrected chi connectivity index (χ1v) is 12.6. The maximum atomic E-state index is 14.5. The number of amides is 1. The quantitative estimate of drug-likeness (QED) is 0.499. The molecular weight excluding hydrogens is 427 g/mol. The van der Waals surface area contributed by atoms with Gasteiger partial charge < -0.3 is 9.64 Å². The summed E-state index contributed by atoms with van der Waals surface area (Å²) in [6, 6.07) is 15.6. The van der Waals surface area contributed by atoms with Gasteiger partial charge in [0.15, 0.2) is 0 Å². The van der Waals surface area contributed by atoms with Crippen molar-refractivity contribution in [2.75, 3.05) is 26.3 Å². The topological polar surface area (TPSA) is 42.4 Å². The number of hydrogen-bond acceptors (Lipinski definition) is 3. The zero-order valence-corrected chi connectivity index (χ0v) is 19.7. The fraction of sp³-hybridized carbons (Fsp3) is 0.448. The van der Waals surface area contributed by atoms with Crippen LogP contribution in [-0.4, -0.2) is 42.1 Å². The Kier molecular flexibility index (Phi) is 6.91. The highest BCUT2D eigenvalue weighted by Crippen LogP contribution is 2.38. The zero-order valence-electron chi connectivity index (χ0n) is 19.7. The predicted octanol–water partition coefficient (Wildman–Crippen LogP) is 5.58. The van der Waals surface area contributed by atoms with Gasteiger partial charge in [0.2, 0.25) is 5.91 Å². The average Bonchev–Trinajstić information content (AvgIpc) is 3.11. The molecule has 1 aromatic heterocycles. The fourth-order valence-corrected chi connectivity index (χ4v) is 5.74. The van der Waals surface area contributed by atoms with Crippen LogP contribution in [0.5, 0.6) is 0 Å². The number of hydrogen-bond donors (Lipinski definition) is 0. The molecule has 34 heavy (non-hydrogen) atoms. The molecule has 0 aliphatic carbocycles. The normalized spacial score (nSPS) is 20.7. The maximum Gasteiger partial charge on any atom is 0.229 e.